The van der Waals surface area contributed by atoms with Crippen LogP contribution in [0, 0.1) is 0 Å². The van der Waals surface area contributed by atoms with Gasteiger partial charge in [0, 0.05) is 19.7 Å². The number of ether oxygens (including phenoxy) is 1. The highest BCUT2D eigenvalue weighted by molar-refractivity contribution is 5.97. The van der Waals surface area contributed by atoms with Crippen molar-refractivity contribution in [3.8, 4) is 11.5 Å². The fourth-order valence-electron chi connectivity index (χ4n) is 1.62. The average Bonchev–Trinajstić information content (AvgIpc) is 2.27. The minimum absolute atomic E-state index is 0.131. The summed E-state index contributed by atoms with van der Waals surface area (Å²) in [6.07, 6.45) is 0. The van der Waals surface area contributed by atoms with Gasteiger partial charge in [0.25, 0.3) is 5.91 Å². The Morgan fingerprint density at radius 2 is 1.94 bits per heavy atom. The van der Waals surface area contributed by atoms with E-state index in [1.54, 1.807) is 20.2 Å². The molecule has 0 spiro atoms. The first-order valence-electron chi connectivity index (χ1n) is 5.51. The van der Waals surface area contributed by atoms with Gasteiger partial charge in [-0.05, 0) is 18.1 Å². The van der Waals surface area contributed by atoms with E-state index in [9.17, 15) is 9.90 Å². The summed E-state index contributed by atoms with van der Waals surface area (Å²) in [5.74, 6) is 0.607. The number of aromatic hydroxyl groups is 1. The zero-order chi connectivity index (χ0) is 13.2. The maximum Gasteiger partial charge on any atom is 0.257 e. The number of hydrogen-bond acceptors (Lipinski definition) is 3. The molecule has 94 valence electrons. The van der Waals surface area contributed by atoms with Crippen LogP contribution in [0.2, 0.25) is 0 Å². The van der Waals surface area contributed by atoms with Crippen LogP contribution in [0.1, 0.15) is 35.7 Å². The average molecular weight is 237 g/mol. The summed E-state index contributed by atoms with van der Waals surface area (Å²) in [5.41, 5.74) is 1.15. The summed E-state index contributed by atoms with van der Waals surface area (Å²) >= 11 is 0. The van der Waals surface area contributed by atoms with Crippen molar-refractivity contribution in [1.82, 2.24) is 4.90 Å². The molecule has 0 saturated heterocycles. The van der Waals surface area contributed by atoms with Crippen LogP contribution in [0.5, 0.6) is 11.5 Å². The van der Waals surface area contributed by atoms with Crippen LogP contribution in [0.15, 0.2) is 12.1 Å². The molecule has 0 aliphatic carbocycles. The number of methoxy groups -OCH3 is 1. The van der Waals surface area contributed by atoms with E-state index in [1.165, 1.54) is 18.1 Å². The number of amides is 1. The largest absolute Gasteiger partial charge is 0.508 e. The summed E-state index contributed by atoms with van der Waals surface area (Å²) in [6.45, 7) is 3.95. The molecule has 1 amide bonds. The Bertz CT molecular complexity index is 425. The standard InChI is InChI=1S/C13H19NO3/c1-8(2)9-7-12(17-5)10(6-11(9)15)13(16)14(3)4/h6-8,15H,1-5H3. The van der Waals surface area contributed by atoms with Gasteiger partial charge in [0.15, 0.2) is 0 Å². The highest BCUT2D eigenvalue weighted by Crippen LogP contribution is 2.33. The van der Waals surface area contributed by atoms with Crippen molar-refractivity contribution >= 4 is 5.91 Å². The summed E-state index contributed by atoms with van der Waals surface area (Å²) < 4.78 is 5.20. The van der Waals surface area contributed by atoms with Gasteiger partial charge in [-0.25, -0.2) is 0 Å². The predicted molar refractivity (Wildman–Crippen MR) is 66.8 cm³/mol. The second-order valence-electron chi connectivity index (χ2n) is 4.47. The van der Waals surface area contributed by atoms with Crippen LogP contribution in [-0.2, 0) is 0 Å². The van der Waals surface area contributed by atoms with Crippen LogP contribution in [0.4, 0.5) is 0 Å². The number of nitrogens with zero attached hydrogens (tertiary/aromatic N) is 1. The summed E-state index contributed by atoms with van der Waals surface area (Å²) in [7, 11) is 4.84. The third-order valence-corrected chi connectivity index (χ3v) is 2.61. The molecule has 1 rings (SSSR count). The quantitative estimate of drug-likeness (QED) is 0.877. The molecule has 0 bridgehead atoms. The Labute approximate surface area is 102 Å². The van der Waals surface area contributed by atoms with Gasteiger partial charge in [-0.3, -0.25) is 4.79 Å². The van der Waals surface area contributed by atoms with E-state index >= 15 is 0 Å². The number of carbonyl (C=O) groups excluding carboxylic acids is 1. The number of benzene rings is 1. The lowest BCUT2D eigenvalue weighted by Gasteiger charge is -2.16. The van der Waals surface area contributed by atoms with Crippen molar-refractivity contribution in [3.63, 3.8) is 0 Å². The van der Waals surface area contributed by atoms with Gasteiger partial charge in [-0.2, -0.15) is 0 Å². The number of rotatable bonds is 3. The fraction of sp³-hybridized carbons (Fsp3) is 0.462. The van der Waals surface area contributed by atoms with Gasteiger partial charge in [-0.15, -0.1) is 0 Å². The van der Waals surface area contributed by atoms with Crippen LogP contribution >= 0.6 is 0 Å². The molecule has 0 saturated carbocycles. The zero-order valence-electron chi connectivity index (χ0n) is 10.9. The second-order valence-corrected chi connectivity index (χ2v) is 4.47. The molecule has 0 radical (unpaired) electrons. The van der Waals surface area contributed by atoms with Crippen LogP contribution in [0.3, 0.4) is 0 Å². The Hall–Kier alpha value is -1.71. The predicted octanol–water partition coefficient (Wildman–Crippen LogP) is 2.23. The maximum atomic E-state index is 11.9. The Kier molecular flexibility index (Phi) is 3.99. The van der Waals surface area contributed by atoms with Gasteiger partial charge in [-0.1, -0.05) is 13.8 Å². The third kappa shape index (κ3) is 2.70. The molecule has 4 nitrogen and oxygen atoms in total. The molecule has 1 aromatic carbocycles. The molecule has 1 N–H and O–H groups in total. The number of phenolic OH excluding ortho intramolecular Hbond substituents is 1. The fourth-order valence-corrected chi connectivity index (χ4v) is 1.62. The molecule has 1 aromatic rings. The van der Waals surface area contributed by atoms with Crippen LogP contribution in [0.25, 0.3) is 0 Å². The molecule has 4 heteroatoms. The van der Waals surface area contributed by atoms with Crippen molar-refractivity contribution in [1.29, 1.82) is 0 Å². The lowest BCUT2D eigenvalue weighted by molar-refractivity contribution is 0.0824. The number of phenols is 1. The van der Waals surface area contributed by atoms with E-state index in [1.807, 2.05) is 13.8 Å². The maximum absolute atomic E-state index is 11.9. The minimum atomic E-state index is -0.188. The van der Waals surface area contributed by atoms with Crippen molar-refractivity contribution in [2.75, 3.05) is 21.2 Å². The van der Waals surface area contributed by atoms with Crippen molar-refractivity contribution in [2.24, 2.45) is 0 Å². The molecule has 0 fully saturated rings. The Morgan fingerprint density at radius 3 is 2.35 bits per heavy atom. The van der Waals surface area contributed by atoms with E-state index in [0.29, 0.717) is 11.3 Å². The Morgan fingerprint density at radius 1 is 1.35 bits per heavy atom. The van der Waals surface area contributed by atoms with Gasteiger partial charge in [0.1, 0.15) is 11.5 Å². The normalized spacial score (nSPS) is 10.5. The van der Waals surface area contributed by atoms with E-state index in [-0.39, 0.29) is 17.6 Å². The van der Waals surface area contributed by atoms with Crippen molar-refractivity contribution in [2.45, 2.75) is 19.8 Å². The van der Waals surface area contributed by atoms with Crippen molar-refractivity contribution < 1.29 is 14.6 Å². The first-order chi connectivity index (χ1) is 7.88. The lowest BCUT2D eigenvalue weighted by Crippen LogP contribution is -2.22. The zero-order valence-corrected chi connectivity index (χ0v) is 10.9. The van der Waals surface area contributed by atoms with Gasteiger partial charge < -0.3 is 14.7 Å². The smallest absolute Gasteiger partial charge is 0.257 e. The van der Waals surface area contributed by atoms with Gasteiger partial charge >= 0.3 is 0 Å². The molecule has 0 heterocycles. The van der Waals surface area contributed by atoms with E-state index in [0.717, 1.165) is 5.56 Å². The summed E-state index contributed by atoms with van der Waals surface area (Å²) in [4.78, 5) is 13.3. The molecule has 0 aliphatic rings. The van der Waals surface area contributed by atoms with Gasteiger partial charge in [0.2, 0.25) is 0 Å². The Balaban J connectivity index is 3.33. The molecule has 0 unspecified atom stereocenters. The number of hydrogen-bond donors (Lipinski definition) is 1. The van der Waals surface area contributed by atoms with E-state index in [4.69, 9.17) is 4.74 Å². The highest BCUT2D eigenvalue weighted by atomic mass is 16.5. The van der Waals surface area contributed by atoms with Crippen LogP contribution in [-0.4, -0.2) is 37.1 Å². The molecular formula is C13H19NO3. The number of carbonyl (C=O) groups is 1. The van der Waals surface area contributed by atoms with E-state index in [2.05, 4.69) is 0 Å². The topological polar surface area (TPSA) is 49.8 Å². The molecule has 0 aliphatic heterocycles. The second kappa shape index (κ2) is 5.08. The third-order valence-electron chi connectivity index (χ3n) is 2.61. The minimum Gasteiger partial charge on any atom is -0.508 e. The van der Waals surface area contributed by atoms with Gasteiger partial charge in [0.05, 0.1) is 12.7 Å². The molecular weight excluding hydrogens is 218 g/mol. The van der Waals surface area contributed by atoms with Crippen LogP contribution < -0.4 is 4.74 Å². The first-order valence-corrected chi connectivity index (χ1v) is 5.51. The monoisotopic (exact) mass is 237 g/mol. The summed E-state index contributed by atoms with van der Waals surface area (Å²) in [6, 6.07) is 3.19. The first kappa shape index (κ1) is 13.4. The highest BCUT2D eigenvalue weighted by Gasteiger charge is 2.18. The molecule has 0 aromatic heterocycles. The molecule has 17 heavy (non-hydrogen) atoms. The molecule has 0 atom stereocenters. The SMILES string of the molecule is COc1cc(C(C)C)c(O)cc1C(=O)N(C)C. The lowest BCUT2D eigenvalue weighted by atomic mass is 9.99. The summed E-state index contributed by atoms with van der Waals surface area (Å²) in [5, 5.41) is 9.89. The van der Waals surface area contributed by atoms with E-state index < -0.39 is 0 Å². The van der Waals surface area contributed by atoms with Crippen molar-refractivity contribution in [3.05, 3.63) is 23.3 Å².